The van der Waals surface area contributed by atoms with Gasteiger partial charge in [-0.05, 0) is 30.2 Å². The fraction of sp³-hybridized carbons (Fsp3) is 0.333. The molecule has 0 heterocycles. The molecule has 3 heteroatoms. The van der Waals surface area contributed by atoms with Gasteiger partial charge in [-0.2, -0.15) is 0 Å². The Morgan fingerprint density at radius 3 is 2.75 bits per heavy atom. The third-order valence-corrected chi connectivity index (χ3v) is 1.89. The Balaban J connectivity index is 3.04. The lowest BCUT2D eigenvalue weighted by atomic mass is 10.0. The van der Waals surface area contributed by atoms with Gasteiger partial charge in [0.25, 0.3) is 0 Å². The molecule has 0 bridgehead atoms. The van der Waals surface area contributed by atoms with Crippen LogP contribution in [0.2, 0.25) is 0 Å². The zero-order chi connectivity index (χ0) is 9.14. The summed E-state index contributed by atoms with van der Waals surface area (Å²) >= 11 is 0. The molecule has 0 saturated carbocycles. The molecule has 0 fully saturated rings. The molecule has 1 aromatic carbocycles. The van der Waals surface area contributed by atoms with Crippen LogP contribution in [0.1, 0.15) is 24.9 Å². The highest BCUT2D eigenvalue weighted by molar-refractivity contribution is 5.48. The molecule has 0 spiro atoms. The van der Waals surface area contributed by atoms with Crippen LogP contribution in [0.5, 0.6) is 0 Å². The average Bonchev–Trinajstić information content (AvgIpc) is 2.08. The van der Waals surface area contributed by atoms with E-state index in [1.54, 1.807) is 6.07 Å². The molecule has 0 unspecified atom stereocenters. The number of hydrogen-bond donors (Lipinski definition) is 2. The summed E-state index contributed by atoms with van der Waals surface area (Å²) < 4.78 is 12.7. The van der Waals surface area contributed by atoms with Gasteiger partial charge in [0.05, 0.1) is 0 Å². The Morgan fingerprint density at radius 2 is 2.17 bits per heavy atom. The third kappa shape index (κ3) is 1.74. The zero-order valence-electron chi connectivity index (χ0n) is 7.05. The second-order valence-electron chi connectivity index (χ2n) is 2.79. The van der Waals surface area contributed by atoms with Crippen molar-refractivity contribution in [2.45, 2.75) is 19.4 Å². The SMILES string of the molecule is CC[C@@H](N)c1cc(F)ccc1N. The number of halogens is 1. The number of benzene rings is 1. The molecular weight excluding hydrogens is 155 g/mol. The fourth-order valence-electron chi connectivity index (χ4n) is 1.09. The quantitative estimate of drug-likeness (QED) is 0.662. The lowest BCUT2D eigenvalue weighted by molar-refractivity contribution is 0.617. The molecule has 0 aliphatic carbocycles. The van der Waals surface area contributed by atoms with Gasteiger partial charge in [0, 0.05) is 11.7 Å². The van der Waals surface area contributed by atoms with Crippen LogP contribution in [0, 0.1) is 5.82 Å². The average molecular weight is 168 g/mol. The van der Waals surface area contributed by atoms with Crippen LogP contribution in [0.15, 0.2) is 18.2 Å². The van der Waals surface area contributed by atoms with E-state index in [0.29, 0.717) is 11.3 Å². The number of hydrogen-bond acceptors (Lipinski definition) is 2. The second kappa shape index (κ2) is 3.54. The number of nitrogen functional groups attached to an aromatic ring is 1. The number of nitrogens with two attached hydrogens (primary N) is 2. The minimum Gasteiger partial charge on any atom is -0.398 e. The maximum absolute atomic E-state index is 12.7. The van der Waals surface area contributed by atoms with Crippen molar-refractivity contribution in [3.05, 3.63) is 29.6 Å². The first-order valence-electron chi connectivity index (χ1n) is 3.95. The Kier molecular flexibility index (Phi) is 2.65. The van der Waals surface area contributed by atoms with E-state index < -0.39 is 0 Å². The Hall–Kier alpha value is -1.09. The summed E-state index contributed by atoms with van der Waals surface area (Å²) in [5.74, 6) is -0.289. The van der Waals surface area contributed by atoms with Gasteiger partial charge in [0.1, 0.15) is 5.82 Å². The van der Waals surface area contributed by atoms with Crippen molar-refractivity contribution in [1.82, 2.24) is 0 Å². The molecule has 12 heavy (non-hydrogen) atoms. The molecule has 0 radical (unpaired) electrons. The molecule has 0 aromatic heterocycles. The van der Waals surface area contributed by atoms with E-state index in [4.69, 9.17) is 11.5 Å². The normalized spacial score (nSPS) is 12.9. The van der Waals surface area contributed by atoms with Gasteiger partial charge in [-0.15, -0.1) is 0 Å². The van der Waals surface area contributed by atoms with Crippen molar-refractivity contribution in [3.8, 4) is 0 Å². The molecule has 1 atom stereocenters. The summed E-state index contributed by atoms with van der Waals surface area (Å²) in [6, 6.07) is 4.10. The first-order valence-corrected chi connectivity index (χ1v) is 3.95. The summed E-state index contributed by atoms with van der Waals surface area (Å²) in [5, 5.41) is 0. The van der Waals surface area contributed by atoms with Gasteiger partial charge in [0.15, 0.2) is 0 Å². The van der Waals surface area contributed by atoms with Crippen LogP contribution in [0.25, 0.3) is 0 Å². The van der Waals surface area contributed by atoms with E-state index in [-0.39, 0.29) is 11.9 Å². The summed E-state index contributed by atoms with van der Waals surface area (Å²) in [5.41, 5.74) is 12.6. The van der Waals surface area contributed by atoms with Crippen LogP contribution in [-0.2, 0) is 0 Å². The summed E-state index contributed by atoms with van der Waals surface area (Å²) in [6.07, 6.45) is 0.758. The summed E-state index contributed by atoms with van der Waals surface area (Å²) in [7, 11) is 0. The van der Waals surface area contributed by atoms with Crippen molar-refractivity contribution in [3.63, 3.8) is 0 Å². The van der Waals surface area contributed by atoms with E-state index in [0.717, 1.165) is 6.42 Å². The summed E-state index contributed by atoms with van der Waals surface area (Å²) in [6.45, 7) is 1.94. The minimum atomic E-state index is -0.289. The maximum Gasteiger partial charge on any atom is 0.123 e. The molecule has 1 aromatic rings. The van der Waals surface area contributed by atoms with Crippen LogP contribution >= 0.6 is 0 Å². The monoisotopic (exact) mass is 168 g/mol. The maximum atomic E-state index is 12.7. The smallest absolute Gasteiger partial charge is 0.123 e. The lowest BCUT2D eigenvalue weighted by Crippen LogP contribution is -2.11. The van der Waals surface area contributed by atoms with Crippen LogP contribution < -0.4 is 11.5 Å². The van der Waals surface area contributed by atoms with Crippen molar-refractivity contribution < 1.29 is 4.39 Å². The molecular formula is C9H13FN2. The van der Waals surface area contributed by atoms with Crippen molar-refractivity contribution >= 4 is 5.69 Å². The van der Waals surface area contributed by atoms with Gasteiger partial charge in [-0.3, -0.25) is 0 Å². The van der Waals surface area contributed by atoms with Crippen LogP contribution in [-0.4, -0.2) is 0 Å². The van der Waals surface area contributed by atoms with Gasteiger partial charge in [-0.1, -0.05) is 6.92 Å². The summed E-state index contributed by atoms with van der Waals surface area (Å²) in [4.78, 5) is 0. The van der Waals surface area contributed by atoms with Crippen molar-refractivity contribution in [2.24, 2.45) is 5.73 Å². The molecule has 1 rings (SSSR count). The van der Waals surface area contributed by atoms with Gasteiger partial charge >= 0.3 is 0 Å². The van der Waals surface area contributed by atoms with Gasteiger partial charge in [0.2, 0.25) is 0 Å². The molecule has 4 N–H and O–H groups in total. The van der Waals surface area contributed by atoms with E-state index >= 15 is 0 Å². The topological polar surface area (TPSA) is 52.0 Å². The molecule has 0 aliphatic rings. The first kappa shape index (κ1) is 9.00. The molecule has 0 amide bonds. The lowest BCUT2D eigenvalue weighted by Gasteiger charge is -2.11. The highest BCUT2D eigenvalue weighted by Crippen LogP contribution is 2.21. The minimum absolute atomic E-state index is 0.166. The van der Waals surface area contributed by atoms with E-state index in [1.165, 1.54) is 12.1 Å². The standard InChI is InChI=1S/C9H13FN2/c1-2-8(11)7-5-6(10)3-4-9(7)12/h3-5,8H,2,11-12H2,1H3/t8-/m1/s1. The van der Waals surface area contributed by atoms with Crippen molar-refractivity contribution in [1.29, 1.82) is 0 Å². The predicted molar refractivity (Wildman–Crippen MR) is 48.0 cm³/mol. The molecule has 0 saturated heterocycles. The molecule has 66 valence electrons. The molecule has 2 nitrogen and oxygen atoms in total. The fourth-order valence-corrected chi connectivity index (χ4v) is 1.09. The third-order valence-electron chi connectivity index (χ3n) is 1.89. The van der Waals surface area contributed by atoms with Gasteiger partial charge in [-0.25, -0.2) is 4.39 Å². The van der Waals surface area contributed by atoms with E-state index in [2.05, 4.69) is 0 Å². The second-order valence-corrected chi connectivity index (χ2v) is 2.79. The largest absolute Gasteiger partial charge is 0.398 e. The highest BCUT2D eigenvalue weighted by atomic mass is 19.1. The van der Waals surface area contributed by atoms with E-state index in [9.17, 15) is 4.39 Å². The predicted octanol–water partition coefficient (Wildman–Crippen LogP) is 1.82. The zero-order valence-corrected chi connectivity index (χ0v) is 7.05. The first-order chi connectivity index (χ1) is 5.65. The van der Waals surface area contributed by atoms with Crippen molar-refractivity contribution in [2.75, 3.05) is 5.73 Å². The van der Waals surface area contributed by atoms with Gasteiger partial charge < -0.3 is 11.5 Å². The van der Waals surface area contributed by atoms with Crippen LogP contribution in [0.3, 0.4) is 0 Å². The van der Waals surface area contributed by atoms with Crippen LogP contribution in [0.4, 0.5) is 10.1 Å². The molecule has 0 aliphatic heterocycles. The Morgan fingerprint density at radius 1 is 1.50 bits per heavy atom. The Labute approximate surface area is 71.4 Å². The Bertz CT molecular complexity index is 273. The van der Waals surface area contributed by atoms with E-state index in [1.807, 2.05) is 6.92 Å². The number of anilines is 1. The number of rotatable bonds is 2. The highest BCUT2D eigenvalue weighted by Gasteiger charge is 2.07.